The molecular weight excluding hydrogens is 448 g/mol. The largest absolute Gasteiger partial charge is 0.485 e. The average molecular weight is 483 g/mol. The van der Waals surface area contributed by atoms with Gasteiger partial charge in [0.1, 0.15) is 12.4 Å². The molecule has 2 aliphatic rings. The van der Waals surface area contributed by atoms with Crippen molar-refractivity contribution in [3.63, 3.8) is 0 Å². The van der Waals surface area contributed by atoms with Gasteiger partial charge in [0.05, 0.1) is 6.54 Å². The zero-order valence-corrected chi connectivity index (χ0v) is 20.4. The zero-order valence-electron chi connectivity index (χ0n) is 20.4. The molecule has 0 bridgehead atoms. The first-order chi connectivity index (χ1) is 17.0. The summed E-state index contributed by atoms with van der Waals surface area (Å²) in [6.45, 7) is 7.01. The number of hydrogen-bond donors (Lipinski definition) is 2. The smallest absolute Gasteiger partial charge is 0.317 e. The first kappa shape index (κ1) is 24.7. The molecule has 2 fully saturated rings. The van der Waals surface area contributed by atoms with E-state index in [1.807, 2.05) is 24.3 Å². The van der Waals surface area contributed by atoms with Crippen LogP contribution in [0.1, 0.15) is 5.56 Å². The van der Waals surface area contributed by atoms with Gasteiger partial charge >= 0.3 is 6.03 Å². The molecule has 188 valence electrons. The van der Waals surface area contributed by atoms with Crippen LogP contribution in [-0.4, -0.2) is 110 Å². The number of aromatic nitrogens is 2. The van der Waals surface area contributed by atoms with Gasteiger partial charge in [0.25, 0.3) is 0 Å². The van der Waals surface area contributed by atoms with Crippen molar-refractivity contribution < 1.29 is 14.3 Å². The van der Waals surface area contributed by atoms with Gasteiger partial charge in [-0.1, -0.05) is 0 Å². The number of pyridine rings is 2. The number of nitrogens with one attached hydrogen (secondary N) is 2. The molecule has 35 heavy (non-hydrogen) atoms. The number of urea groups is 1. The highest BCUT2D eigenvalue weighted by Crippen LogP contribution is 2.27. The fourth-order valence-electron chi connectivity index (χ4n) is 4.20. The number of hydrogen-bond acceptors (Lipinski definition) is 8. The highest BCUT2D eigenvalue weighted by Gasteiger charge is 2.23. The van der Waals surface area contributed by atoms with Crippen molar-refractivity contribution in [3.05, 3.63) is 42.2 Å². The second-order valence-corrected chi connectivity index (χ2v) is 8.82. The van der Waals surface area contributed by atoms with Crippen LogP contribution >= 0.6 is 0 Å². The zero-order chi connectivity index (χ0) is 24.6. The molecule has 2 saturated heterocycles. The first-order valence-corrected chi connectivity index (χ1v) is 12.0. The van der Waals surface area contributed by atoms with Crippen LogP contribution in [-0.2, 0) is 11.4 Å². The molecule has 0 spiro atoms. The van der Waals surface area contributed by atoms with Gasteiger partial charge in [-0.15, -0.1) is 0 Å². The summed E-state index contributed by atoms with van der Waals surface area (Å²) in [4.78, 5) is 41.5. The normalized spacial score (nSPS) is 17.2. The van der Waals surface area contributed by atoms with Crippen LogP contribution in [0.15, 0.2) is 36.7 Å². The van der Waals surface area contributed by atoms with Crippen molar-refractivity contribution in [2.75, 3.05) is 83.2 Å². The van der Waals surface area contributed by atoms with Gasteiger partial charge in [-0.3, -0.25) is 9.69 Å². The van der Waals surface area contributed by atoms with E-state index in [0.717, 1.165) is 37.6 Å². The van der Waals surface area contributed by atoms with E-state index in [2.05, 4.69) is 42.3 Å². The molecule has 0 aliphatic carbocycles. The third-order valence-corrected chi connectivity index (χ3v) is 6.28. The van der Waals surface area contributed by atoms with Crippen molar-refractivity contribution in [3.8, 4) is 5.75 Å². The Balaban J connectivity index is 1.31. The molecule has 2 aromatic rings. The van der Waals surface area contributed by atoms with Gasteiger partial charge in [-0.25, -0.2) is 14.8 Å². The number of nitrogens with zero attached hydrogens (tertiary/aromatic N) is 6. The summed E-state index contributed by atoms with van der Waals surface area (Å²) in [5.41, 5.74) is 0.897. The third kappa shape index (κ3) is 6.80. The van der Waals surface area contributed by atoms with Crippen molar-refractivity contribution in [1.29, 1.82) is 0 Å². The van der Waals surface area contributed by atoms with E-state index in [1.165, 1.54) is 0 Å². The molecule has 0 saturated carbocycles. The number of rotatable bonds is 7. The van der Waals surface area contributed by atoms with Crippen molar-refractivity contribution in [2.24, 2.45) is 0 Å². The number of likely N-dealkylation sites (N-methyl/N-ethyl adjacent to an activating group) is 1. The Hall–Kier alpha value is -3.44. The standard InChI is InChI=1S/C24H34N8O3/c1-25-24(34)32-14-12-31(13-15-32)23-20(4-3-6-27-23)35-18-19-5-7-26-21(16-19)28-22(33)17-30-10-8-29(2)9-11-30/h3-7,16H,8-15,17-18H2,1-2H3,(H,25,34)(H,26,28,33). The second-order valence-electron chi connectivity index (χ2n) is 8.82. The van der Waals surface area contributed by atoms with Crippen LogP contribution in [0.5, 0.6) is 5.75 Å². The number of amides is 3. The van der Waals surface area contributed by atoms with E-state index in [-0.39, 0.29) is 11.9 Å². The van der Waals surface area contributed by atoms with Gasteiger partial charge in [0.15, 0.2) is 11.6 Å². The molecule has 11 heteroatoms. The third-order valence-electron chi connectivity index (χ3n) is 6.28. The van der Waals surface area contributed by atoms with Crippen LogP contribution in [0.4, 0.5) is 16.4 Å². The monoisotopic (exact) mass is 482 g/mol. The molecule has 2 N–H and O–H groups in total. The minimum absolute atomic E-state index is 0.0636. The van der Waals surface area contributed by atoms with Crippen molar-refractivity contribution in [2.45, 2.75) is 6.61 Å². The van der Waals surface area contributed by atoms with Crippen molar-refractivity contribution >= 4 is 23.6 Å². The van der Waals surface area contributed by atoms with Gasteiger partial charge in [-0.2, -0.15) is 0 Å². The molecule has 4 heterocycles. The summed E-state index contributed by atoms with van der Waals surface area (Å²) in [5, 5.41) is 5.57. The number of anilines is 2. The number of carbonyl (C=O) groups is 2. The maximum atomic E-state index is 12.5. The molecule has 11 nitrogen and oxygen atoms in total. The molecule has 0 aromatic carbocycles. The Morgan fingerprint density at radius 3 is 2.51 bits per heavy atom. The fraction of sp³-hybridized carbons (Fsp3) is 0.500. The van der Waals surface area contributed by atoms with Crippen LogP contribution in [0.2, 0.25) is 0 Å². The molecular formula is C24H34N8O3. The Morgan fingerprint density at radius 2 is 1.77 bits per heavy atom. The van der Waals surface area contributed by atoms with E-state index < -0.39 is 0 Å². The molecule has 0 unspecified atom stereocenters. The Labute approximate surface area is 206 Å². The van der Waals surface area contributed by atoms with Crippen LogP contribution in [0.3, 0.4) is 0 Å². The molecule has 2 aromatic heterocycles. The maximum Gasteiger partial charge on any atom is 0.317 e. The van der Waals surface area contributed by atoms with Crippen LogP contribution in [0, 0.1) is 0 Å². The predicted molar refractivity (Wildman–Crippen MR) is 134 cm³/mol. The SMILES string of the molecule is CNC(=O)N1CCN(c2ncccc2OCc2ccnc(NC(=O)CN3CCN(C)CC3)c2)CC1. The Bertz CT molecular complexity index is 1000. The highest BCUT2D eigenvalue weighted by molar-refractivity contribution is 5.91. The minimum atomic E-state index is -0.0643. The minimum Gasteiger partial charge on any atom is -0.485 e. The lowest BCUT2D eigenvalue weighted by Crippen LogP contribution is -2.51. The Morgan fingerprint density at radius 1 is 1.00 bits per heavy atom. The lowest BCUT2D eigenvalue weighted by molar-refractivity contribution is -0.117. The summed E-state index contributed by atoms with van der Waals surface area (Å²) in [6, 6.07) is 7.38. The predicted octanol–water partition coefficient (Wildman–Crippen LogP) is 0.703. The van der Waals surface area contributed by atoms with E-state index >= 15 is 0 Å². The van der Waals surface area contributed by atoms with Crippen LogP contribution < -0.4 is 20.3 Å². The molecule has 0 atom stereocenters. The molecule has 0 radical (unpaired) electrons. The number of carbonyl (C=O) groups excluding carboxylic acids is 2. The van der Waals surface area contributed by atoms with Crippen molar-refractivity contribution in [1.82, 2.24) is 30.0 Å². The first-order valence-electron chi connectivity index (χ1n) is 12.0. The summed E-state index contributed by atoms with van der Waals surface area (Å²) in [7, 11) is 3.74. The van der Waals surface area contributed by atoms with E-state index in [1.54, 1.807) is 24.3 Å². The van der Waals surface area contributed by atoms with E-state index in [0.29, 0.717) is 50.9 Å². The maximum absolute atomic E-state index is 12.5. The van der Waals surface area contributed by atoms with Gasteiger partial charge in [0.2, 0.25) is 5.91 Å². The summed E-state index contributed by atoms with van der Waals surface area (Å²) < 4.78 is 6.11. The molecule has 4 rings (SSSR count). The topological polar surface area (TPSA) is 106 Å². The summed E-state index contributed by atoms with van der Waals surface area (Å²) >= 11 is 0. The number of piperazine rings is 2. The lowest BCUT2D eigenvalue weighted by Gasteiger charge is -2.35. The van der Waals surface area contributed by atoms with Gasteiger partial charge < -0.3 is 30.1 Å². The van der Waals surface area contributed by atoms with E-state index in [4.69, 9.17) is 4.74 Å². The second kappa shape index (κ2) is 11.8. The Kier molecular flexibility index (Phi) is 8.32. The average Bonchev–Trinajstić information content (AvgIpc) is 2.89. The molecule has 3 amide bonds. The highest BCUT2D eigenvalue weighted by atomic mass is 16.5. The van der Waals surface area contributed by atoms with Gasteiger partial charge in [-0.05, 0) is 36.9 Å². The lowest BCUT2D eigenvalue weighted by atomic mass is 10.2. The quantitative estimate of drug-likeness (QED) is 0.594. The summed E-state index contributed by atoms with van der Waals surface area (Å²) in [6.07, 6.45) is 3.42. The molecule has 2 aliphatic heterocycles. The van der Waals surface area contributed by atoms with Crippen LogP contribution in [0.25, 0.3) is 0 Å². The van der Waals surface area contributed by atoms with E-state index in [9.17, 15) is 9.59 Å². The number of ether oxygens (including phenoxy) is 1. The fourth-order valence-corrected chi connectivity index (χ4v) is 4.20. The van der Waals surface area contributed by atoms with Gasteiger partial charge in [0, 0.05) is 71.8 Å². The summed E-state index contributed by atoms with van der Waals surface area (Å²) in [5.74, 6) is 1.89.